The lowest BCUT2D eigenvalue weighted by atomic mass is 10.3. The molecule has 1 atom stereocenters. The Morgan fingerprint density at radius 2 is 2.24 bits per heavy atom. The second-order valence-corrected chi connectivity index (χ2v) is 5.96. The summed E-state index contributed by atoms with van der Waals surface area (Å²) in [5.41, 5.74) is 1.80. The predicted molar refractivity (Wildman–Crippen MR) is 76.0 cm³/mol. The minimum Gasteiger partial charge on any atom is -0.219 e. The summed E-state index contributed by atoms with van der Waals surface area (Å²) < 4.78 is 2.65. The standard InChI is InChI=1S/C11H10Br2ClN3/c1-2-8(12)10-6-17(16-15-10)11-5-7(14)3-4-9(11)13/h3-6,8H,2H2,1H3. The van der Waals surface area contributed by atoms with E-state index in [4.69, 9.17) is 11.6 Å². The molecule has 0 amide bonds. The Hall–Kier alpha value is -0.390. The van der Waals surface area contributed by atoms with Crippen molar-refractivity contribution in [1.82, 2.24) is 15.0 Å². The molecule has 90 valence electrons. The highest BCUT2D eigenvalue weighted by molar-refractivity contribution is 9.10. The van der Waals surface area contributed by atoms with Crippen molar-refractivity contribution in [2.75, 3.05) is 0 Å². The third-order valence-electron chi connectivity index (χ3n) is 2.35. The number of halogens is 3. The molecule has 1 heterocycles. The number of rotatable bonds is 3. The van der Waals surface area contributed by atoms with E-state index in [2.05, 4.69) is 49.1 Å². The van der Waals surface area contributed by atoms with Crippen molar-refractivity contribution in [2.45, 2.75) is 18.2 Å². The van der Waals surface area contributed by atoms with Crippen LogP contribution in [0.4, 0.5) is 0 Å². The van der Waals surface area contributed by atoms with E-state index in [1.165, 1.54) is 0 Å². The number of benzene rings is 1. The van der Waals surface area contributed by atoms with Crippen LogP contribution in [0.25, 0.3) is 5.69 Å². The molecule has 1 aromatic carbocycles. The third-order valence-corrected chi connectivity index (χ3v) is 4.37. The van der Waals surface area contributed by atoms with E-state index in [1.807, 2.05) is 24.4 Å². The van der Waals surface area contributed by atoms with Crippen LogP contribution in [-0.4, -0.2) is 15.0 Å². The van der Waals surface area contributed by atoms with E-state index in [-0.39, 0.29) is 4.83 Å². The minimum atomic E-state index is 0.231. The summed E-state index contributed by atoms with van der Waals surface area (Å²) in [6.07, 6.45) is 2.87. The number of aromatic nitrogens is 3. The Balaban J connectivity index is 2.40. The molecule has 0 fully saturated rings. The van der Waals surface area contributed by atoms with Crippen molar-refractivity contribution >= 4 is 43.5 Å². The van der Waals surface area contributed by atoms with Crippen molar-refractivity contribution in [3.8, 4) is 5.69 Å². The Labute approximate surface area is 121 Å². The highest BCUT2D eigenvalue weighted by Gasteiger charge is 2.12. The Morgan fingerprint density at radius 3 is 2.94 bits per heavy atom. The summed E-state index contributed by atoms with van der Waals surface area (Å²) in [6.45, 7) is 2.09. The van der Waals surface area contributed by atoms with Gasteiger partial charge in [0.05, 0.1) is 22.4 Å². The molecule has 6 heteroatoms. The first-order valence-corrected chi connectivity index (χ1v) is 7.22. The van der Waals surface area contributed by atoms with Crippen LogP contribution in [0.2, 0.25) is 5.02 Å². The number of hydrogen-bond donors (Lipinski definition) is 0. The topological polar surface area (TPSA) is 30.7 Å². The minimum absolute atomic E-state index is 0.231. The third kappa shape index (κ3) is 2.89. The Morgan fingerprint density at radius 1 is 1.47 bits per heavy atom. The highest BCUT2D eigenvalue weighted by Crippen LogP contribution is 2.27. The number of hydrogen-bond acceptors (Lipinski definition) is 2. The first-order chi connectivity index (χ1) is 8.11. The molecule has 0 aliphatic heterocycles. The van der Waals surface area contributed by atoms with Crippen LogP contribution in [0.3, 0.4) is 0 Å². The van der Waals surface area contributed by atoms with Crippen LogP contribution in [0, 0.1) is 0 Å². The van der Waals surface area contributed by atoms with Gasteiger partial charge in [-0.3, -0.25) is 0 Å². The molecule has 0 bridgehead atoms. The molecule has 0 saturated carbocycles. The fourth-order valence-corrected chi connectivity index (χ4v) is 2.21. The first-order valence-electron chi connectivity index (χ1n) is 5.13. The van der Waals surface area contributed by atoms with Crippen molar-refractivity contribution in [1.29, 1.82) is 0 Å². The lowest BCUT2D eigenvalue weighted by Gasteiger charge is -2.04. The van der Waals surface area contributed by atoms with Crippen LogP contribution in [0.15, 0.2) is 28.9 Å². The summed E-state index contributed by atoms with van der Waals surface area (Å²) >= 11 is 13.0. The maximum atomic E-state index is 5.97. The molecule has 0 aliphatic rings. The SMILES string of the molecule is CCC(Br)c1cn(-c2cc(Cl)ccc2Br)nn1. The van der Waals surface area contributed by atoms with Crippen LogP contribution >= 0.6 is 43.5 Å². The highest BCUT2D eigenvalue weighted by atomic mass is 79.9. The lowest BCUT2D eigenvalue weighted by Crippen LogP contribution is -1.96. The van der Waals surface area contributed by atoms with Gasteiger partial charge in [-0.05, 0) is 40.5 Å². The molecule has 0 N–H and O–H groups in total. The number of nitrogens with zero attached hydrogens (tertiary/aromatic N) is 3. The normalized spacial score (nSPS) is 12.7. The van der Waals surface area contributed by atoms with Gasteiger partial charge in [-0.25, -0.2) is 4.68 Å². The summed E-state index contributed by atoms with van der Waals surface area (Å²) in [4.78, 5) is 0.231. The van der Waals surface area contributed by atoms with Crippen LogP contribution in [0.5, 0.6) is 0 Å². The number of alkyl halides is 1. The molecule has 1 unspecified atom stereocenters. The Kier molecular flexibility index (Phi) is 4.22. The van der Waals surface area contributed by atoms with Gasteiger partial charge in [-0.1, -0.05) is 39.7 Å². The maximum Gasteiger partial charge on any atom is 0.0967 e. The van der Waals surface area contributed by atoms with Gasteiger partial charge in [0.25, 0.3) is 0 Å². The fourth-order valence-electron chi connectivity index (χ4n) is 1.41. The summed E-state index contributed by atoms with van der Waals surface area (Å²) in [7, 11) is 0. The fraction of sp³-hybridized carbons (Fsp3) is 0.273. The lowest BCUT2D eigenvalue weighted by molar-refractivity contribution is 0.788. The maximum absolute atomic E-state index is 5.97. The van der Waals surface area contributed by atoms with E-state index in [0.29, 0.717) is 5.02 Å². The van der Waals surface area contributed by atoms with Crippen LogP contribution in [0.1, 0.15) is 23.9 Å². The van der Waals surface area contributed by atoms with Crippen LogP contribution < -0.4 is 0 Å². The molecule has 17 heavy (non-hydrogen) atoms. The first kappa shape index (κ1) is 13.1. The molecule has 2 rings (SSSR count). The molecule has 0 radical (unpaired) electrons. The zero-order valence-corrected chi connectivity index (χ0v) is 13.0. The smallest absolute Gasteiger partial charge is 0.0967 e. The molecule has 3 nitrogen and oxygen atoms in total. The van der Waals surface area contributed by atoms with Crippen molar-refractivity contribution in [2.24, 2.45) is 0 Å². The molecule has 0 saturated heterocycles. The van der Waals surface area contributed by atoms with Gasteiger partial charge >= 0.3 is 0 Å². The molecule has 1 aromatic heterocycles. The molecule has 2 aromatic rings. The van der Waals surface area contributed by atoms with E-state index < -0.39 is 0 Å². The van der Waals surface area contributed by atoms with Gasteiger partial charge in [-0.15, -0.1) is 5.10 Å². The second-order valence-electron chi connectivity index (χ2n) is 3.56. The van der Waals surface area contributed by atoms with E-state index in [0.717, 1.165) is 22.3 Å². The van der Waals surface area contributed by atoms with Crippen LogP contribution in [-0.2, 0) is 0 Å². The van der Waals surface area contributed by atoms with Crippen molar-refractivity contribution < 1.29 is 0 Å². The van der Waals surface area contributed by atoms with Gasteiger partial charge in [0.15, 0.2) is 0 Å². The second kappa shape index (κ2) is 5.50. The van der Waals surface area contributed by atoms with Crippen molar-refractivity contribution in [3.05, 3.63) is 39.6 Å². The average molecular weight is 379 g/mol. The summed E-state index contributed by atoms with van der Waals surface area (Å²) in [6, 6.07) is 5.57. The molecule has 0 aliphatic carbocycles. The molecular formula is C11H10Br2ClN3. The van der Waals surface area contributed by atoms with Gasteiger partial charge < -0.3 is 0 Å². The monoisotopic (exact) mass is 377 g/mol. The van der Waals surface area contributed by atoms with Gasteiger partial charge in [0, 0.05) is 9.50 Å². The summed E-state index contributed by atoms with van der Waals surface area (Å²) in [5, 5.41) is 8.91. The quantitative estimate of drug-likeness (QED) is 0.734. The largest absolute Gasteiger partial charge is 0.219 e. The van der Waals surface area contributed by atoms with E-state index in [1.54, 1.807) is 4.68 Å². The Bertz CT molecular complexity index is 527. The zero-order valence-electron chi connectivity index (χ0n) is 9.07. The van der Waals surface area contributed by atoms with E-state index in [9.17, 15) is 0 Å². The molecule has 0 spiro atoms. The van der Waals surface area contributed by atoms with Gasteiger partial charge in [0.2, 0.25) is 0 Å². The average Bonchev–Trinajstić information content (AvgIpc) is 2.80. The molecular weight excluding hydrogens is 369 g/mol. The van der Waals surface area contributed by atoms with Crippen molar-refractivity contribution in [3.63, 3.8) is 0 Å². The summed E-state index contributed by atoms with van der Waals surface area (Å²) in [5.74, 6) is 0. The van der Waals surface area contributed by atoms with Gasteiger partial charge in [0.1, 0.15) is 0 Å². The van der Waals surface area contributed by atoms with E-state index >= 15 is 0 Å². The predicted octanol–water partition coefficient (Wildman–Crippen LogP) is 4.53. The zero-order chi connectivity index (χ0) is 12.4. The van der Waals surface area contributed by atoms with Gasteiger partial charge in [-0.2, -0.15) is 0 Å².